The van der Waals surface area contributed by atoms with Crippen LogP contribution in [0.3, 0.4) is 0 Å². The number of hydrogen-bond donors (Lipinski definition) is 2. The fraction of sp³-hybridized carbons (Fsp3) is 0.263. The van der Waals surface area contributed by atoms with Gasteiger partial charge in [-0.2, -0.15) is 5.26 Å². The Labute approximate surface area is 153 Å². The van der Waals surface area contributed by atoms with Crippen LogP contribution < -0.4 is 15.8 Å². The van der Waals surface area contributed by atoms with E-state index in [-0.39, 0.29) is 24.9 Å². The molecule has 2 aromatic rings. The van der Waals surface area contributed by atoms with Crippen molar-refractivity contribution in [1.82, 2.24) is 5.32 Å². The van der Waals surface area contributed by atoms with Crippen molar-refractivity contribution < 1.29 is 9.53 Å². The largest absolute Gasteiger partial charge is 0.489 e. The number of nitrogens with two attached hydrogens (primary N) is 1. The summed E-state index contributed by atoms with van der Waals surface area (Å²) in [6.07, 6.45) is 1.03. The third kappa shape index (κ3) is 5.21. The zero-order chi connectivity index (χ0) is 16.9. The van der Waals surface area contributed by atoms with Gasteiger partial charge in [-0.25, -0.2) is 0 Å². The molecule has 3 rings (SSSR count). The lowest BCUT2D eigenvalue weighted by molar-refractivity contribution is -0.117. The first-order chi connectivity index (χ1) is 11.7. The first-order valence-electron chi connectivity index (χ1n) is 7.89. The molecule has 25 heavy (non-hydrogen) atoms. The molecule has 2 aromatic carbocycles. The van der Waals surface area contributed by atoms with Crippen LogP contribution >= 0.6 is 12.4 Å². The molecule has 0 heterocycles. The summed E-state index contributed by atoms with van der Waals surface area (Å²) in [5.74, 6) is 0.925. The van der Waals surface area contributed by atoms with Crippen LogP contribution in [0.5, 0.6) is 5.75 Å². The van der Waals surface area contributed by atoms with Crippen molar-refractivity contribution in [3.8, 4) is 11.8 Å². The maximum atomic E-state index is 10.8. The summed E-state index contributed by atoms with van der Waals surface area (Å²) in [5, 5.41) is 11.9. The Balaban J connectivity index is 0.00000225. The number of nitriles is 1. The number of amides is 1. The van der Waals surface area contributed by atoms with Crippen LogP contribution in [0.4, 0.5) is 0 Å². The summed E-state index contributed by atoms with van der Waals surface area (Å²) in [6, 6.07) is 17.8. The standard InChI is InChI=1S/C19H19N3O2.ClH/c20-10-13-1-3-14(4-2-13)12-24-16-7-5-15(6-8-16)17-9-18(17)22-11-19(21)23;/h1-8,17-18,22H,9,11-12H2,(H2,21,23);1H/t17-,18+;/m0./s1. The average Bonchev–Trinajstić information content (AvgIpc) is 3.39. The van der Waals surface area contributed by atoms with E-state index in [4.69, 9.17) is 15.7 Å². The fourth-order valence-corrected chi connectivity index (χ4v) is 2.67. The van der Waals surface area contributed by atoms with Gasteiger partial charge in [0.05, 0.1) is 18.2 Å². The number of nitrogens with zero attached hydrogens (tertiary/aromatic N) is 1. The Morgan fingerprint density at radius 2 is 1.88 bits per heavy atom. The number of halogens is 1. The lowest BCUT2D eigenvalue weighted by Crippen LogP contribution is -2.30. The summed E-state index contributed by atoms with van der Waals surface area (Å²) in [4.78, 5) is 10.8. The molecule has 0 radical (unpaired) electrons. The molecule has 1 saturated carbocycles. The van der Waals surface area contributed by atoms with Crippen molar-refractivity contribution in [1.29, 1.82) is 5.26 Å². The number of carbonyl (C=O) groups excluding carboxylic acids is 1. The van der Waals surface area contributed by atoms with Crippen LogP contribution in [0, 0.1) is 11.3 Å². The molecule has 2 atom stereocenters. The molecule has 0 spiro atoms. The Bertz CT molecular complexity index is 754. The highest BCUT2D eigenvalue weighted by atomic mass is 35.5. The average molecular weight is 358 g/mol. The van der Waals surface area contributed by atoms with Crippen molar-refractivity contribution in [2.24, 2.45) is 5.73 Å². The van der Waals surface area contributed by atoms with Gasteiger partial charge in [0.2, 0.25) is 5.91 Å². The number of primary amides is 1. The molecule has 1 fully saturated rings. The van der Waals surface area contributed by atoms with Gasteiger partial charge in [-0.15, -0.1) is 12.4 Å². The number of hydrogen-bond acceptors (Lipinski definition) is 4. The molecule has 6 heteroatoms. The Hall–Kier alpha value is -2.55. The van der Waals surface area contributed by atoms with E-state index in [2.05, 4.69) is 23.5 Å². The van der Waals surface area contributed by atoms with Gasteiger partial charge in [0, 0.05) is 12.0 Å². The number of rotatable bonds is 7. The van der Waals surface area contributed by atoms with Crippen LogP contribution in [0.2, 0.25) is 0 Å². The number of benzene rings is 2. The molecule has 1 aliphatic carbocycles. The van der Waals surface area contributed by atoms with E-state index in [1.807, 2.05) is 24.3 Å². The van der Waals surface area contributed by atoms with Crippen molar-refractivity contribution in [3.05, 3.63) is 65.2 Å². The third-order valence-electron chi connectivity index (χ3n) is 4.13. The third-order valence-corrected chi connectivity index (χ3v) is 4.13. The zero-order valence-corrected chi connectivity index (χ0v) is 14.5. The van der Waals surface area contributed by atoms with Gasteiger partial charge in [0.25, 0.3) is 0 Å². The maximum Gasteiger partial charge on any atom is 0.231 e. The molecular formula is C19H20ClN3O2. The second-order valence-electron chi connectivity index (χ2n) is 5.96. The molecular weight excluding hydrogens is 338 g/mol. The fourth-order valence-electron chi connectivity index (χ4n) is 2.67. The minimum Gasteiger partial charge on any atom is -0.489 e. The monoisotopic (exact) mass is 357 g/mol. The van der Waals surface area contributed by atoms with Crippen molar-refractivity contribution >= 4 is 18.3 Å². The van der Waals surface area contributed by atoms with Crippen molar-refractivity contribution in [3.63, 3.8) is 0 Å². The highest BCUT2D eigenvalue weighted by Crippen LogP contribution is 2.41. The Morgan fingerprint density at radius 3 is 2.48 bits per heavy atom. The summed E-state index contributed by atoms with van der Waals surface area (Å²) < 4.78 is 5.77. The Morgan fingerprint density at radius 1 is 1.20 bits per heavy atom. The first-order valence-corrected chi connectivity index (χ1v) is 7.89. The second kappa shape index (κ2) is 8.52. The van der Waals surface area contributed by atoms with E-state index in [1.165, 1.54) is 5.56 Å². The summed E-state index contributed by atoms with van der Waals surface area (Å²) >= 11 is 0. The summed E-state index contributed by atoms with van der Waals surface area (Å²) in [5.41, 5.74) is 8.04. The molecule has 0 aromatic heterocycles. The maximum absolute atomic E-state index is 10.8. The highest BCUT2D eigenvalue weighted by Gasteiger charge is 2.37. The molecule has 0 aliphatic heterocycles. The second-order valence-corrected chi connectivity index (χ2v) is 5.96. The van der Waals surface area contributed by atoms with Crippen LogP contribution in [0.1, 0.15) is 29.0 Å². The van der Waals surface area contributed by atoms with Crippen molar-refractivity contribution in [2.75, 3.05) is 6.54 Å². The van der Waals surface area contributed by atoms with E-state index in [0.717, 1.165) is 17.7 Å². The van der Waals surface area contributed by atoms with E-state index in [0.29, 0.717) is 24.1 Å². The van der Waals surface area contributed by atoms with E-state index < -0.39 is 0 Å². The normalized spacial score (nSPS) is 17.9. The molecule has 0 bridgehead atoms. The van der Waals surface area contributed by atoms with E-state index in [9.17, 15) is 4.79 Å². The lowest BCUT2D eigenvalue weighted by atomic mass is 10.1. The number of ether oxygens (including phenoxy) is 1. The van der Waals surface area contributed by atoms with Gasteiger partial charge in [0.15, 0.2) is 0 Å². The molecule has 1 aliphatic rings. The lowest BCUT2D eigenvalue weighted by Gasteiger charge is -2.08. The van der Waals surface area contributed by atoms with E-state index >= 15 is 0 Å². The van der Waals surface area contributed by atoms with Crippen molar-refractivity contribution in [2.45, 2.75) is 25.0 Å². The number of nitrogens with one attached hydrogen (secondary N) is 1. The van der Waals surface area contributed by atoms with Gasteiger partial charge in [0.1, 0.15) is 12.4 Å². The first kappa shape index (κ1) is 18.8. The smallest absolute Gasteiger partial charge is 0.231 e. The molecule has 1 amide bonds. The van der Waals surface area contributed by atoms with Crippen LogP contribution in [-0.4, -0.2) is 18.5 Å². The highest BCUT2D eigenvalue weighted by molar-refractivity contribution is 5.85. The van der Waals surface area contributed by atoms with Crippen LogP contribution in [0.15, 0.2) is 48.5 Å². The zero-order valence-electron chi connectivity index (χ0n) is 13.6. The van der Waals surface area contributed by atoms with Gasteiger partial charge in [-0.1, -0.05) is 24.3 Å². The molecule has 130 valence electrons. The summed E-state index contributed by atoms with van der Waals surface area (Å²) in [7, 11) is 0. The quantitative estimate of drug-likeness (QED) is 0.796. The SMILES string of the molecule is Cl.N#Cc1ccc(COc2ccc([C@@H]3C[C@H]3NCC(N)=O)cc2)cc1. The van der Waals surface area contributed by atoms with Gasteiger partial charge >= 0.3 is 0 Å². The molecule has 0 unspecified atom stereocenters. The van der Waals surface area contributed by atoms with Gasteiger partial charge in [-0.3, -0.25) is 4.79 Å². The predicted molar refractivity (Wildman–Crippen MR) is 97.5 cm³/mol. The predicted octanol–water partition coefficient (Wildman–Crippen LogP) is 2.49. The molecule has 3 N–H and O–H groups in total. The van der Waals surface area contributed by atoms with Gasteiger partial charge < -0.3 is 15.8 Å². The molecule has 5 nitrogen and oxygen atoms in total. The van der Waals surface area contributed by atoms with Crippen LogP contribution in [-0.2, 0) is 11.4 Å². The number of carbonyl (C=O) groups is 1. The van der Waals surface area contributed by atoms with E-state index in [1.54, 1.807) is 12.1 Å². The molecule has 0 saturated heterocycles. The minimum atomic E-state index is -0.327. The summed E-state index contributed by atoms with van der Waals surface area (Å²) in [6.45, 7) is 0.699. The minimum absolute atomic E-state index is 0. The Kier molecular flexibility index (Phi) is 6.40. The topological polar surface area (TPSA) is 88.1 Å². The van der Waals surface area contributed by atoms with Gasteiger partial charge in [-0.05, 0) is 41.8 Å². The van der Waals surface area contributed by atoms with Crippen LogP contribution in [0.25, 0.3) is 0 Å².